The molecule has 3 rings (SSSR count). The smallest absolute Gasteiger partial charge is 0.261 e. The third kappa shape index (κ3) is 6.24. The highest BCUT2D eigenvalue weighted by Crippen LogP contribution is 2.15. The van der Waals surface area contributed by atoms with Crippen molar-refractivity contribution >= 4 is 29.2 Å². The highest BCUT2D eigenvalue weighted by molar-refractivity contribution is 6.30. The second kappa shape index (κ2) is 10.1. The Hall–Kier alpha value is -2.58. The van der Waals surface area contributed by atoms with Crippen LogP contribution in [0, 0.1) is 0 Å². The van der Waals surface area contributed by atoms with Crippen LogP contribution in [0.25, 0.3) is 0 Å². The number of nitrogens with one attached hydrogen (secondary N) is 1. The number of aromatic nitrogens is 1. The predicted molar refractivity (Wildman–Crippen MR) is 104 cm³/mol. The highest BCUT2D eigenvalue weighted by Gasteiger charge is 2.20. The molecule has 0 aliphatic carbocycles. The first-order valence-corrected chi connectivity index (χ1v) is 9.57. The molecule has 0 radical (unpaired) electrons. The first kappa shape index (κ1) is 20.2. The van der Waals surface area contributed by atoms with E-state index in [2.05, 4.69) is 15.4 Å². The van der Waals surface area contributed by atoms with Crippen molar-refractivity contribution in [2.75, 3.05) is 44.6 Å². The van der Waals surface area contributed by atoms with Crippen molar-refractivity contribution in [3.05, 3.63) is 41.6 Å². The first-order chi connectivity index (χ1) is 13.6. The minimum absolute atomic E-state index is 0.0799. The Morgan fingerprint density at radius 1 is 1.21 bits per heavy atom. The molecule has 1 fully saturated rings. The summed E-state index contributed by atoms with van der Waals surface area (Å²) in [5, 5.41) is 6.85. The van der Waals surface area contributed by atoms with Crippen molar-refractivity contribution in [1.29, 1.82) is 0 Å². The van der Waals surface area contributed by atoms with E-state index in [4.69, 9.17) is 20.9 Å². The molecule has 1 N–H and O–H groups in total. The van der Waals surface area contributed by atoms with E-state index >= 15 is 0 Å². The molecule has 0 spiro atoms. The normalized spacial score (nSPS) is 14.0. The van der Waals surface area contributed by atoms with Crippen molar-refractivity contribution in [2.45, 2.75) is 12.8 Å². The number of hydrogen-bond donors (Lipinski definition) is 1. The van der Waals surface area contributed by atoms with Gasteiger partial charge in [0, 0.05) is 24.2 Å². The Morgan fingerprint density at radius 3 is 2.64 bits per heavy atom. The van der Waals surface area contributed by atoms with Gasteiger partial charge in [0.15, 0.2) is 12.4 Å². The van der Waals surface area contributed by atoms with E-state index in [1.165, 1.54) is 30.1 Å². The van der Waals surface area contributed by atoms with Crippen molar-refractivity contribution in [3.63, 3.8) is 0 Å². The van der Waals surface area contributed by atoms with Crippen LogP contribution < -0.4 is 10.1 Å². The standard InChI is InChI=1S/C19H23ClN4O4/c20-15-3-5-16(6-4-15)27-14-19(26)24(11-10-23-8-1-2-9-23)13-18(25)21-17-7-12-28-22-17/h3-7,12H,1-2,8-11,13-14H2,(H,21,22,25). The topological polar surface area (TPSA) is 87.9 Å². The zero-order chi connectivity index (χ0) is 19.8. The van der Waals surface area contributed by atoms with Crippen LogP contribution in [0.15, 0.2) is 41.1 Å². The second-order valence-electron chi connectivity index (χ2n) is 6.54. The van der Waals surface area contributed by atoms with Gasteiger partial charge in [-0.25, -0.2) is 0 Å². The molecule has 8 nitrogen and oxygen atoms in total. The summed E-state index contributed by atoms with van der Waals surface area (Å²) in [6.45, 7) is 2.99. The number of rotatable bonds is 9. The fourth-order valence-corrected chi connectivity index (χ4v) is 3.09. The SMILES string of the molecule is O=C(CN(CCN1CCCC1)C(=O)COc1ccc(Cl)cc1)Nc1ccon1. The molecular weight excluding hydrogens is 384 g/mol. The number of hydrogen-bond acceptors (Lipinski definition) is 6. The molecule has 2 aromatic rings. The van der Waals surface area contributed by atoms with Crippen LogP contribution in [0.4, 0.5) is 5.82 Å². The molecule has 1 aromatic heterocycles. The van der Waals surface area contributed by atoms with Crippen molar-refractivity contribution in [2.24, 2.45) is 0 Å². The van der Waals surface area contributed by atoms with Gasteiger partial charge in [0.2, 0.25) is 5.91 Å². The Morgan fingerprint density at radius 2 is 1.96 bits per heavy atom. The van der Waals surface area contributed by atoms with Gasteiger partial charge in [-0.15, -0.1) is 0 Å². The Bertz CT molecular complexity index is 761. The van der Waals surface area contributed by atoms with Gasteiger partial charge in [-0.1, -0.05) is 16.8 Å². The molecule has 0 saturated carbocycles. The summed E-state index contributed by atoms with van der Waals surface area (Å²) >= 11 is 5.85. The number of carbonyl (C=O) groups excluding carboxylic acids is 2. The summed E-state index contributed by atoms with van der Waals surface area (Å²) < 4.78 is 10.2. The van der Waals surface area contributed by atoms with Crippen LogP contribution >= 0.6 is 11.6 Å². The van der Waals surface area contributed by atoms with Crippen LogP contribution in [0.5, 0.6) is 5.75 Å². The van der Waals surface area contributed by atoms with Gasteiger partial charge in [-0.3, -0.25) is 9.59 Å². The molecule has 28 heavy (non-hydrogen) atoms. The second-order valence-corrected chi connectivity index (χ2v) is 6.98. The predicted octanol–water partition coefficient (Wildman–Crippen LogP) is 2.27. The lowest BCUT2D eigenvalue weighted by molar-refractivity contribution is -0.136. The van der Waals surface area contributed by atoms with E-state index in [-0.39, 0.29) is 25.0 Å². The molecule has 1 aliphatic rings. The van der Waals surface area contributed by atoms with Gasteiger partial charge >= 0.3 is 0 Å². The summed E-state index contributed by atoms with van der Waals surface area (Å²) in [6.07, 6.45) is 3.70. The minimum Gasteiger partial charge on any atom is -0.484 e. The van der Waals surface area contributed by atoms with E-state index in [1.807, 2.05) is 0 Å². The maximum absolute atomic E-state index is 12.7. The van der Waals surface area contributed by atoms with Gasteiger partial charge in [-0.05, 0) is 50.2 Å². The largest absolute Gasteiger partial charge is 0.484 e. The zero-order valence-corrected chi connectivity index (χ0v) is 16.2. The third-order valence-electron chi connectivity index (χ3n) is 4.45. The molecule has 0 unspecified atom stereocenters. The van der Waals surface area contributed by atoms with Crippen molar-refractivity contribution in [3.8, 4) is 5.75 Å². The van der Waals surface area contributed by atoms with Crippen LogP contribution in [0.1, 0.15) is 12.8 Å². The monoisotopic (exact) mass is 406 g/mol. The lowest BCUT2D eigenvalue weighted by Crippen LogP contribution is -2.44. The summed E-state index contributed by atoms with van der Waals surface area (Å²) in [5.41, 5.74) is 0. The number of amides is 2. The van der Waals surface area contributed by atoms with Crippen molar-refractivity contribution in [1.82, 2.24) is 15.0 Å². The lowest BCUT2D eigenvalue weighted by atomic mass is 10.3. The van der Waals surface area contributed by atoms with E-state index in [0.29, 0.717) is 23.1 Å². The Balaban J connectivity index is 1.55. The fraction of sp³-hybridized carbons (Fsp3) is 0.421. The van der Waals surface area contributed by atoms with E-state index in [1.54, 1.807) is 24.3 Å². The molecule has 1 aromatic carbocycles. The molecule has 2 amide bonds. The maximum Gasteiger partial charge on any atom is 0.261 e. The molecule has 0 atom stereocenters. The van der Waals surface area contributed by atoms with Crippen LogP contribution in [0.2, 0.25) is 5.02 Å². The molecule has 1 aliphatic heterocycles. The quantitative estimate of drug-likeness (QED) is 0.687. The van der Waals surface area contributed by atoms with Gasteiger partial charge in [0.05, 0.1) is 0 Å². The van der Waals surface area contributed by atoms with E-state index in [9.17, 15) is 9.59 Å². The zero-order valence-electron chi connectivity index (χ0n) is 15.5. The Labute approximate surface area is 168 Å². The van der Waals surface area contributed by atoms with Crippen LogP contribution in [-0.4, -0.2) is 66.1 Å². The lowest BCUT2D eigenvalue weighted by Gasteiger charge is -2.25. The number of carbonyl (C=O) groups is 2. The minimum atomic E-state index is -0.338. The molecule has 2 heterocycles. The van der Waals surface area contributed by atoms with Gasteiger partial charge < -0.3 is 24.4 Å². The van der Waals surface area contributed by atoms with Crippen LogP contribution in [0.3, 0.4) is 0 Å². The third-order valence-corrected chi connectivity index (χ3v) is 4.71. The molecule has 9 heteroatoms. The molecular formula is C19H23ClN4O4. The highest BCUT2D eigenvalue weighted by atomic mass is 35.5. The summed E-state index contributed by atoms with van der Waals surface area (Å²) in [6, 6.07) is 8.32. The number of halogens is 1. The summed E-state index contributed by atoms with van der Waals surface area (Å²) in [7, 11) is 0. The molecule has 1 saturated heterocycles. The summed E-state index contributed by atoms with van der Waals surface area (Å²) in [4.78, 5) is 28.7. The number of ether oxygens (including phenoxy) is 1. The van der Waals surface area contributed by atoms with Gasteiger partial charge in [-0.2, -0.15) is 0 Å². The van der Waals surface area contributed by atoms with Crippen LogP contribution in [-0.2, 0) is 9.59 Å². The number of likely N-dealkylation sites (tertiary alicyclic amines) is 1. The number of nitrogens with zero attached hydrogens (tertiary/aromatic N) is 3. The first-order valence-electron chi connectivity index (χ1n) is 9.19. The van der Waals surface area contributed by atoms with Gasteiger partial charge in [0.1, 0.15) is 18.6 Å². The van der Waals surface area contributed by atoms with E-state index in [0.717, 1.165) is 19.6 Å². The average molecular weight is 407 g/mol. The Kier molecular flexibility index (Phi) is 7.27. The molecule has 0 bridgehead atoms. The maximum atomic E-state index is 12.7. The van der Waals surface area contributed by atoms with E-state index < -0.39 is 0 Å². The fourth-order valence-electron chi connectivity index (χ4n) is 2.96. The van der Waals surface area contributed by atoms with Crippen molar-refractivity contribution < 1.29 is 18.8 Å². The van der Waals surface area contributed by atoms with Gasteiger partial charge in [0.25, 0.3) is 5.91 Å². The summed E-state index contributed by atoms with van der Waals surface area (Å²) in [5.74, 6) is 0.262. The number of anilines is 1. The molecule has 150 valence electrons. The average Bonchev–Trinajstić information content (AvgIpc) is 3.38. The number of benzene rings is 1.